The predicted molar refractivity (Wildman–Crippen MR) is 95.8 cm³/mol. The molecule has 0 aliphatic carbocycles. The topological polar surface area (TPSA) is 45.1 Å². The highest BCUT2D eigenvalue weighted by Gasteiger charge is 2.27. The number of benzene rings is 2. The van der Waals surface area contributed by atoms with Crippen LogP contribution >= 0.6 is 0 Å². The maximum absolute atomic E-state index is 10.6. The number of phenols is 1. The Hall–Kier alpha value is -2.49. The van der Waals surface area contributed by atoms with Crippen LogP contribution in [0.15, 0.2) is 41.6 Å². The van der Waals surface area contributed by atoms with Gasteiger partial charge in [0.2, 0.25) is 0 Å². The molecule has 2 aliphatic heterocycles. The van der Waals surface area contributed by atoms with Gasteiger partial charge in [-0.05, 0) is 42.9 Å². The summed E-state index contributed by atoms with van der Waals surface area (Å²) in [6.45, 7) is 2.64. The summed E-state index contributed by atoms with van der Waals surface area (Å²) >= 11 is 0. The second kappa shape index (κ2) is 6.56. The van der Waals surface area contributed by atoms with Gasteiger partial charge in [-0.2, -0.15) is 0 Å². The van der Waals surface area contributed by atoms with Crippen molar-refractivity contribution in [1.82, 2.24) is 0 Å². The number of aromatic hydroxyl groups is 1. The van der Waals surface area contributed by atoms with E-state index in [9.17, 15) is 5.11 Å². The quantitative estimate of drug-likeness (QED) is 0.690. The van der Waals surface area contributed by atoms with Gasteiger partial charge in [-0.15, -0.1) is 0 Å². The van der Waals surface area contributed by atoms with Crippen LogP contribution in [0.1, 0.15) is 35.1 Å². The lowest BCUT2D eigenvalue weighted by molar-refractivity contribution is 0.132. The smallest absolute Gasteiger partial charge is 0.142 e. The summed E-state index contributed by atoms with van der Waals surface area (Å²) in [4.78, 5) is 7.80. The first-order valence-corrected chi connectivity index (χ1v) is 8.65. The van der Waals surface area contributed by atoms with Crippen molar-refractivity contribution in [2.24, 2.45) is 5.16 Å². The van der Waals surface area contributed by atoms with Crippen LogP contribution in [0.2, 0.25) is 0 Å². The minimum absolute atomic E-state index is 0.368. The molecule has 0 radical (unpaired) electrons. The lowest BCUT2D eigenvalue weighted by atomic mass is 9.89. The fraction of sp³-hybridized carbons (Fsp3) is 0.350. The summed E-state index contributed by atoms with van der Waals surface area (Å²) < 4.78 is 0. The second-order valence-corrected chi connectivity index (χ2v) is 6.49. The van der Waals surface area contributed by atoms with Gasteiger partial charge in [0.25, 0.3) is 0 Å². The summed E-state index contributed by atoms with van der Waals surface area (Å²) in [6.07, 6.45) is 5.94. The third kappa shape index (κ3) is 2.84. The molecule has 0 fully saturated rings. The maximum Gasteiger partial charge on any atom is 0.142 e. The van der Waals surface area contributed by atoms with Crippen molar-refractivity contribution < 1.29 is 9.94 Å². The fourth-order valence-electron chi connectivity index (χ4n) is 3.75. The van der Waals surface area contributed by atoms with Crippen molar-refractivity contribution in [3.63, 3.8) is 0 Å². The average molecular weight is 322 g/mol. The van der Waals surface area contributed by atoms with Gasteiger partial charge in [0.05, 0.1) is 6.21 Å². The predicted octanol–water partition coefficient (Wildman–Crippen LogP) is 3.64. The van der Waals surface area contributed by atoms with E-state index in [1.54, 1.807) is 6.21 Å². The largest absolute Gasteiger partial charge is 0.507 e. The Bertz CT molecular complexity index is 754. The molecule has 0 bridgehead atoms. The van der Waals surface area contributed by atoms with E-state index >= 15 is 0 Å². The number of phenolic OH excluding ortho intramolecular Hbond substituents is 1. The molecule has 0 unspecified atom stereocenters. The van der Waals surface area contributed by atoms with Crippen LogP contribution in [-0.4, -0.2) is 24.4 Å². The molecule has 24 heavy (non-hydrogen) atoms. The van der Waals surface area contributed by atoms with E-state index in [0.29, 0.717) is 12.4 Å². The molecule has 0 saturated carbocycles. The number of nitrogens with zero attached hydrogens (tertiary/aromatic N) is 2. The van der Waals surface area contributed by atoms with Gasteiger partial charge in [0.15, 0.2) is 0 Å². The van der Waals surface area contributed by atoms with Crippen LogP contribution in [0, 0.1) is 0 Å². The monoisotopic (exact) mass is 322 g/mol. The highest BCUT2D eigenvalue weighted by molar-refractivity contribution is 5.87. The Morgan fingerprint density at radius 2 is 1.92 bits per heavy atom. The molecular formula is C20H22N2O2. The van der Waals surface area contributed by atoms with E-state index in [4.69, 9.17) is 4.84 Å². The normalized spacial score (nSPS) is 16.2. The summed E-state index contributed by atoms with van der Waals surface area (Å²) in [5, 5.41) is 14.7. The van der Waals surface area contributed by atoms with Crippen LogP contribution in [0.3, 0.4) is 0 Å². The van der Waals surface area contributed by atoms with Gasteiger partial charge >= 0.3 is 0 Å². The molecule has 0 amide bonds. The molecule has 4 heteroatoms. The van der Waals surface area contributed by atoms with Gasteiger partial charge in [-0.25, -0.2) is 0 Å². The van der Waals surface area contributed by atoms with E-state index in [-0.39, 0.29) is 0 Å². The number of hydrogen-bond acceptors (Lipinski definition) is 4. The summed E-state index contributed by atoms with van der Waals surface area (Å²) in [5.74, 6) is 0.368. The van der Waals surface area contributed by atoms with Crippen LogP contribution < -0.4 is 4.90 Å². The SMILES string of the molecule is Oc1c(/C=N/OCc2ccccc2)cc2c3c1CCCN3CCC2. The molecule has 0 atom stereocenters. The van der Waals surface area contributed by atoms with Crippen molar-refractivity contribution in [1.29, 1.82) is 0 Å². The lowest BCUT2D eigenvalue weighted by Crippen LogP contribution is -2.34. The Kier molecular flexibility index (Phi) is 4.11. The first-order valence-electron chi connectivity index (χ1n) is 8.65. The second-order valence-electron chi connectivity index (χ2n) is 6.49. The number of anilines is 1. The third-order valence-corrected chi connectivity index (χ3v) is 4.86. The standard InChI is InChI=1S/C20H22N2O2/c23-20-17(13-21-24-14-15-6-2-1-3-7-15)12-16-8-4-10-22-11-5-9-18(20)19(16)22/h1-3,6-7,12-13,23H,4-5,8-11,14H2/b21-13+. The third-order valence-electron chi connectivity index (χ3n) is 4.86. The van der Waals surface area contributed by atoms with Crippen molar-refractivity contribution >= 4 is 11.9 Å². The first kappa shape index (κ1) is 15.1. The molecule has 2 aromatic rings. The van der Waals surface area contributed by atoms with Crippen molar-refractivity contribution in [3.8, 4) is 5.75 Å². The van der Waals surface area contributed by atoms with Crippen LogP contribution in [0.25, 0.3) is 0 Å². The Morgan fingerprint density at radius 3 is 2.75 bits per heavy atom. The highest BCUT2D eigenvalue weighted by atomic mass is 16.6. The summed E-state index contributed by atoms with van der Waals surface area (Å²) in [6, 6.07) is 12.0. The molecule has 2 aliphatic rings. The molecule has 0 aromatic heterocycles. The van der Waals surface area contributed by atoms with E-state index in [2.05, 4.69) is 16.1 Å². The molecule has 4 rings (SSSR count). The van der Waals surface area contributed by atoms with Crippen molar-refractivity contribution in [2.75, 3.05) is 18.0 Å². The van der Waals surface area contributed by atoms with Crippen molar-refractivity contribution in [2.45, 2.75) is 32.3 Å². The van der Waals surface area contributed by atoms with Crippen LogP contribution in [0.5, 0.6) is 5.75 Å². The number of hydrogen-bond donors (Lipinski definition) is 1. The van der Waals surface area contributed by atoms with Gasteiger partial charge in [0, 0.05) is 29.9 Å². The zero-order valence-electron chi connectivity index (χ0n) is 13.7. The number of aryl methyl sites for hydroxylation is 1. The van der Waals surface area contributed by atoms with Gasteiger partial charge in [0.1, 0.15) is 12.4 Å². The van der Waals surface area contributed by atoms with Crippen molar-refractivity contribution in [3.05, 3.63) is 58.7 Å². The zero-order valence-corrected chi connectivity index (χ0v) is 13.7. The Labute approximate surface area is 142 Å². The number of rotatable bonds is 4. The Morgan fingerprint density at radius 1 is 1.12 bits per heavy atom. The van der Waals surface area contributed by atoms with Gasteiger partial charge in [-0.1, -0.05) is 35.5 Å². The van der Waals surface area contributed by atoms with Crippen LogP contribution in [-0.2, 0) is 24.3 Å². The molecular weight excluding hydrogens is 300 g/mol. The molecule has 0 spiro atoms. The van der Waals surface area contributed by atoms with E-state index in [1.165, 1.54) is 17.7 Å². The summed E-state index contributed by atoms with van der Waals surface area (Å²) in [5.41, 5.74) is 5.53. The number of oxime groups is 1. The molecule has 4 nitrogen and oxygen atoms in total. The molecule has 0 saturated heterocycles. The van der Waals surface area contributed by atoms with E-state index in [0.717, 1.165) is 49.0 Å². The average Bonchev–Trinajstić information content (AvgIpc) is 2.63. The molecule has 1 N–H and O–H groups in total. The van der Waals surface area contributed by atoms with E-state index in [1.807, 2.05) is 30.3 Å². The summed E-state index contributed by atoms with van der Waals surface area (Å²) in [7, 11) is 0. The van der Waals surface area contributed by atoms with Crippen LogP contribution in [0.4, 0.5) is 5.69 Å². The lowest BCUT2D eigenvalue weighted by Gasteiger charge is -2.37. The molecule has 124 valence electrons. The molecule has 2 heterocycles. The minimum Gasteiger partial charge on any atom is -0.507 e. The fourth-order valence-corrected chi connectivity index (χ4v) is 3.75. The van der Waals surface area contributed by atoms with Gasteiger partial charge in [-0.3, -0.25) is 0 Å². The molecule has 2 aromatic carbocycles. The van der Waals surface area contributed by atoms with E-state index < -0.39 is 0 Å². The zero-order chi connectivity index (χ0) is 16.4. The minimum atomic E-state index is 0.368. The Balaban J connectivity index is 1.54. The highest BCUT2D eigenvalue weighted by Crippen LogP contribution is 2.41. The van der Waals surface area contributed by atoms with Gasteiger partial charge < -0.3 is 14.8 Å². The maximum atomic E-state index is 10.6. The first-order chi connectivity index (χ1) is 11.8.